The first-order valence-electron chi connectivity index (χ1n) is 7.17. The van der Waals surface area contributed by atoms with Crippen molar-refractivity contribution in [3.05, 3.63) is 24.2 Å². The van der Waals surface area contributed by atoms with Crippen LogP contribution in [0.5, 0.6) is 0 Å². The van der Waals surface area contributed by atoms with E-state index in [4.69, 9.17) is 4.42 Å². The highest BCUT2D eigenvalue weighted by Crippen LogP contribution is 2.19. The molecule has 0 aliphatic carbocycles. The van der Waals surface area contributed by atoms with Crippen molar-refractivity contribution in [2.45, 2.75) is 45.7 Å². The first-order chi connectivity index (χ1) is 8.68. The first-order valence-corrected chi connectivity index (χ1v) is 7.17. The molecule has 2 rings (SSSR count). The zero-order valence-electron chi connectivity index (χ0n) is 11.9. The number of aryl methyl sites for hydroxylation is 1. The zero-order valence-corrected chi connectivity index (χ0v) is 11.9. The molecule has 1 aromatic rings. The summed E-state index contributed by atoms with van der Waals surface area (Å²) in [5.74, 6) is 1.82. The number of nitrogens with one attached hydrogen (secondary N) is 1. The van der Waals surface area contributed by atoms with E-state index in [0.717, 1.165) is 25.3 Å². The molecule has 1 fully saturated rings. The predicted octanol–water partition coefficient (Wildman–Crippen LogP) is 2.53. The smallest absolute Gasteiger partial charge is 0.103 e. The van der Waals surface area contributed by atoms with Crippen LogP contribution in [0, 0.1) is 5.92 Å². The molecule has 2 unspecified atom stereocenters. The lowest BCUT2D eigenvalue weighted by molar-refractivity contribution is 0.0799. The summed E-state index contributed by atoms with van der Waals surface area (Å²) in [6.07, 6.45) is 3.99. The minimum atomic E-state index is 0.629. The van der Waals surface area contributed by atoms with Gasteiger partial charge < -0.3 is 9.73 Å². The molecule has 1 saturated heterocycles. The van der Waals surface area contributed by atoms with Crippen molar-refractivity contribution in [3.8, 4) is 0 Å². The van der Waals surface area contributed by atoms with E-state index in [1.807, 2.05) is 6.07 Å². The van der Waals surface area contributed by atoms with E-state index >= 15 is 0 Å². The van der Waals surface area contributed by atoms with Crippen molar-refractivity contribution in [3.63, 3.8) is 0 Å². The SMILES string of the molecule is CC(C)C1CNCCN1C(C)CCc1ccco1. The Morgan fingerprint density at radius 2 is 2.28 bits per heavy atom. The molecule has 18 heavy (non-hydrogen) atoms. The van der Waals surface area contributed by atoms with Crippen molar-refractivity contribution in [2.24, 2.45) is 5.92 Å². The average molecular weight is 250 g/mol. The zero-order chi connectivity index (χ0) is 13.0. The minimum Gasteiger partial charge on any atom is -0.469 e. The van der Waals surface area contributed by atoms with Crippen LogP contribution in [0.1, 0.15) is 33.0 Å². The van der Waals surface area contributed by atoms with Gasteiger partial charge in [0.05, 0.1) is 6.26 Å². The van der Waals surface area contributed by atoms with Crippen molar-refractivity contribution in [1.29, 1.82) is 0 Å². The summed E-state index contributed by atoms with van der Waals surface area (Å²) in [5, 5.41) is 3.51. The van der Waals surface area contributed by atoms with Gasteiger partial charge in [0.1, 0.15) is 5.76 Å². The molecule has 0 spiro atoms. The molecule has 0 aromatic carbocycles. The number of furan rings is 1. The molecule has 1 aliphatic heterocycles. The lowest BCUT2D eigenvalue weighted by atomic mass is 9.97. The highest BCUT2D eigenvalue weighted by molar-refractivity contribution is 4.99. The van der Waals surface area contributed by atoms with E-state index in [9.17, 15) is 0 Å². The van der Waals surface area contributed by atoms with E-state index in [2.05, 4.69) is 37.1 Å². The van der Waals surface area contributed by atoms with Gasteiger partial charge in [0.15, 0.2) is 0 Å². The Hall–Kier alpha value is -0.800. The summed E-state index contributed by atoms with van der Waals surface area (Å²) in [6, 6.07) is 5.35. The molecule has 0 amide bonds. The summed E-state index contributed by atoms with van der Waals surface area (Å²) in [6.45, 7) is 10.4. The maximum Gasteiger partial charge on any atom is 0.103 e. The van der Waals surface area contributed by atoms with Gasteiger partial charge in [0.25, 0.3) is 0 Å². The molecule has 0 bridgehead atoms. The van der Waals surface area contributed by atoms with Gasteiger partial charge in [-0.25, -0.2) is 0 Å². The van der Waals surface area contributed by atoms with Gasteiger partial charge in [0, 0.05) is 38.1 Å². The summed E-state index contributed by atoms with van der Waals surface area (Å²) in [5.41, 5.74) is 0. The van der Waals surface area contributed by atoms with Gasteiger partial charge in [-0.2, -0.15) is 0 Å². The highest BCUT2D eigenvalue weighted by Gasteiger charge is 2.28. The maximum absolute atomic E-state index is 5.41. The number of nitrogens with zero attached hydrogens (tertiary/aromatic N) is 1. The normalized spacial score (nSPS) is 23.4. The summed E-state index contributed by atoms with van der Waals surface area (Å²) in [4.78, 5) is 2.67. The quantitative estimate of drug-likeness (QED) is 0.870. The van der Waals surface area contributed by atoms with Crippen LogP contribution in [0.2, 0.25) is 0 Å². The molecule has 1 N–H and O–H groups in total. The molecule has 2 atom stereocenters. The van der Waals surface area contributed by atoms with Gasteiger partial charge in [0.2, 0.25) is 0 Å². The van der Waals surface area contributed by atoms with Crippen LogP contribution in [0.15, 0.2) is 22.8 Å². The van der Waals surface area contributed by atoms with E-state index in [0.29, 0.717) is 18.0 Å². The summed E-state index contributed by atoms with van der Waals surface area (Å²) < 4.78 is 5.41. The Morgan fingerprint density at radius 3 is 2.94 bits per heavy atom. The van der Waals surface area contributed by atoms with E-state index in [-0.39, 0.29) is 0 Å². The first kappa shape index (κ1) is 13.6. The van der Waals surface area contributed by atoms with E-state index in [1.165, 1.54) is 13.0 Å². The third kappa shape index (κ3) is 3.36. The van der Waals surface area contributed by atoms with Crippen molar-refractivity contribution in [2.75, 3.05) is 19.6 Å². The van der Waals surface area contributed by atoms with Crippen LogP contribution in [0.25, 0.3) is 0 Å². The van der Waals surface area contributed by atoms with Gasteiger partial charge in [-0.05, 0) is 31.4 Å². The van der Waals surface area contributed by atoms with Crippen molar-refractivity contribution >= 4 is 0 Å². The molecule has 102 valence electrons. The lowest BCUT2D eigenvalue weighted by Crippen LogP contribution is -2.56. The van der Waals surface area contributed by atoms with Gasteiger partial charge >= 0.3 is 0 Å². The Labute approximate surface area is 111 Å². The van der Waals surface area contributed by atoms with Crippen molar-refractivity contribution in [1.82, 2.24) is 10.2 Å². The largest absolute Gasteiger partial charge is 0.469 e. The lowest BCUT2D eigenvalue weighted by Gasteiger charge is -2.42. The third-order valence-corrected chi connectivity index (χ3v) is 4.05. The second-order valence-electron chi connectivity index (χ2n) is 5.72. The molecule has 1 aromatic heterocycles. The molecule has 0 radical (unpaired) electrons. The fraction of sp³-hybridized carbons (Fsp3) is 0.733. The van der Waals surface area contributed by atoms with Crippen LogP contribution in [0.4, 0.5) is 0 Å². The maximum atomic E-state index is 5.41. The number of rotatable bonds is 5. The number of hydrogen-bond acceptors (Lipinski definition) is 3. The van der Waals surface area contributed by atoms with E-state index in [1.54, 1.807) is 6.26 Å². The third-order valence-electron chi connectivity index (χ3n) is 4.05. The molecule has 1 aliphatic rings. The van der Waals surface area contributed by atoms with Gasteiger partial charge in [-0.15, -0.1) is 0 Å². The fourth-order valence-corrected chi connectivity index (χ4v) is 2.88. The number of hydrogen-bond donors (Lipinski definition) is 1. The Morgan fingerprint density at radius 1 is 1.44 bits per heavy atom. The van der Waals surface area contributed by atoms with Gasteiger partial charge in [-0.3, -0.25) is 4.90 Å². The van der Waals surface area contributed by atoms with Crippen LogP contribution >= 0.6 is 0 Å². The average Bonchev–Trinajstić information content (AvgIpc) is 2.89. The standard InChI is InChI=1S/C15H26N2O/c1-12(2)15-11-16-8-9-17(15)13(3)6-7-14-5-4-10-18-14/h4-5,10,12-13,15-16H,6-9,11H2,1-3H3. The van der Waals surface area contributed by atoms with Crippen LogP contribution in [0.3, 0.4) is 0 Å². The second kappa shape index (κ2) is 6.39. The van der Waals surface area contributed by atoms with Crippen molar-refractivity contribution < 1.29 is 4.42 Å². The molecule has 3 heteroatoms. The van der Waals surface area contributed by atoms with Crippen LogP contribution < -0.4 is 5.32 Å². The molecule has 0 saturated carbocycles. The second-order valence-corrected chi connectivity index (χ2v) is 5.72. The topological polar surface area (TPSA) is 28.4 Å². The van der Waals surface area contributed by atoms with E-state index < -0.39 is 0 Å². The Balaban J connectivity index is 1.87. The molecule has 3 nitrogen and oxygen atoms in total. The number of piperazine rings is 1. The Kier molecular flexibility index (Phi) is 4.84. The molecule has 2 heterocycles. The summed E-state index contributed by atoms with van der Waals surface area (Å²) in [7, 11) is 0. The fourth-order valence-electron chi connectivity index (χ4n) is 2.88. The van der Waals surface area contributed by atoms with Crippen LogP contribution in [-0.4, -0.2) is 36.6 Å². The Bertz CT molecular complexity index is 334. The predicted molar refractivity (Wildman–Crippen MR) is 74.7 cm³/mol. The van der Waals surface area contributed by atoms with Crippen LogP contribution in [-0.2, 0) is 6.42 Å². The monoisotopic (exact) mass is 250 g/mol. The minimum absolute atomic E-state index is 0.629. The summed E-state index contributed by atoms with van der Waals surface area (Å²) >= 11 is 0. The highest BCUT2D eigenvalue weighted by atomic mass is 16.3. The molecular weight excluding hydrogens is 224 g/mol. The molecular formula is C15H26N2O. The van der Waals surface area contributed by atoms with Gasteiger partial charge in [-0.1, -0.05) is 13.8 Å².